The van der Waals surface area contributed by atoms with Gasteiger partial charge >= 0.3 is 0 Å². The van der Waals surface area contributed by atoms with Crippen LogP contribution in [-0.4, -0.2) is 124 Å². The molecule has 190 valence electrons. The van der Waals surface area contributed by atoms with Crippen LogP contribution in [0.25, 0.3) is 0 Å². The quantitative estimate of drug-likeness (QED) is 0.547. The molecule has 0 aromatic carbocycles. The lowest BCUT2D eigenvalue weighted by atomic mass is 9.75. The summed E-state index contributed by atoms with van der Waals surface area (Å²) in [6.45, 7) is 5.47. The summed E-state index contributed by atoms with van der Waals surface area (Å²) in [5.41, 5.74) is 1.44. The summed E-state index contributed by atoms with van der Waals surface area (Å²) < 4.78 is 32.6. The van der Waals surface area contributed by atoms with E-state index in [9.17, 15) is 0 Å². The summed E-state index contributed by atoms with van der Waals surface area (Å²) in [5, 5.41) is 17.8. The van der Waals surface area contributed by atoms with Crippen molar-refractivity contribution in [3.05, 3.63) is 5.82 Å². The number of hydrazine groups is 1. The molecule has 34 heavy (non-hydrogen) atoms. The highest BCUT2D eigenvalue weighted by atomic mass is 32.2. The molecule has 5 fully saturated rings. The second kappa shape index (κ2) is 10.4. The lowest BCUT2D eigenvalue weighted by molar-refractivity contribution is -0.387. The minimum Gasteiger partial charge on any atom is -0.376 e. The van der Waals surface area contributed by atoms with Crippen LogP contribution in [0.5, 0.6) is 0 Å². The topological polar surface area (TPSA) is 119 Å². The van der Waals surface area contributed by atoms with E-state index in [-0.39, 0.29) is 4.71 Å². The SMILES string of the molecule is C1COC(C2(C3COCCO3)N(C3SCCCS3)CCOC2(c2nn[nH]n2)N2CCCN2)OC1. The van der Waals surface area contributed by atoms with E-state index >= 15 is 0 Å². The standard InChI is InChI=1S/C20H33N7O5S2/c1-4-21-27(5-1)20(16-22-24-25-23-16)19(15-14-28-10-11-29-15,17-30-7-2-8-31-17)26(6-9-32-20)18-33-12-3-13-34-18/h15,17-18,21H,1-14H2,(H,22,23,24,25). The molecule has 5 aliphatic heterocycles. The number of nitrogens with zero attached hydrogens (tertiary/aromatic N) is 5. The van der Waals surface area contributed by atoms with Crippen molar-refractivity contribution < 1.29 is 23.7 Å². The van der Waals surface area contributed by atoms with Crippen molar-refractivity contribution in [3.8, 4) is 0 Å². The van der Waals surface area contributed by atoms with Gasteiger partial charge in [-0.3, -0.25) is 10.3 Å². The van der Waals surface area contributed by atoms with Crippen LogP contribution in [0.2, 0.25) is 0 Å². The number of H-pyrrole nitrogens is 1. The van der Waals surface area contributed by atoms with Crippen molar-refractivity contribution in [3.63, 3.8) is 0 Å². The highest BCUT2D eigenvalue weighted by Gasteiger charge is 2.74. The van der Waals surface area contributed by atoms with E-state index in [4.69, 9.17) is 23.7 Å². The molecule has 12 nitrogen and oxygen atoms in total. The zero-order valence-electron chi connectivity index (χ0n) is 19.2. The Hall–Kier alpha value is -0.550. The van der Waals surface area contributed by atoms with Gasteiger partial charge in [-0.15, -0.1) is 33.7 Å². The predicted molar refractivity (Wildman–Crippen MR) is 125 cm³/mol. The van der Waals surface area contributed by atoms with Gasteiger partial charge in [-0.05, 0) is 36.0 Å². The Morgan fingerprint density at radius 2 is 1.82 bits per heavy atom. The predicted octanol–water partition coefficient (Wildman–Crippen LogP) is -0.0341. The molecule has 6 heterocycles. The minimum atomic E-state index is -1.17. The maximum atomic E-state index is 6.86. The van der Waals surface area contributed by atoms with Crippen molar-refractivity contribution in [2.24, 2.45) is 0 Å². The maximum absolute atomic E-state index is 6.86. The molecule has 0 bridgehead atoms. The summed E-state index contributed by atoms with van der Waals surface area (Å²) >= 11 is 3.93. The summed E-state index contributed by atoms with van der Waals surface area (Å²) in [6.07, 6.45) is 2.00. The number of ether oxygens (including phenoxy) is 5. The fourth-order valence-electron chi connectivity index (χ4n) is 5.82. The number of aromatic amines is 1. The van der Waals surface area contributed by atoms with E-state index < -0.39 is 23.7 Å². The van der Waals surface area contributed by atoms with Crippen LogP contribution in [-0.2, 0) is 29.4 Å². The van der Waals surface area contributed by atoms with Crippen LogP contribution in [0.15, 0.2) is 0 Å². The second-order valence-corrected chi connectivity index (χ2v) is 11.6. The number of tetrazole rings is 1. The van der Waals surface area contributed by atoms with Crippen molar-refractivity contribution in [2.75, 3.05) is 70.8 Å². The fraction of sp³-hybridized carbons (Fsp3) is 0.950. The first kappa shape index (κ1) is 23.8. The lowest BCUT2D eigenvalue weighted by Gasteiger charge is -2.65. The van der Waals surface area contributed by atoms with E-state index in [2.05, 4.69) is 36.0 Å². The second-order valence-electron chi connectivity index (χ2n) is 8.92. The van der Waals surface area contributed by atoms with Crippen molar-refractivity contribution in [1.29, 1.82) is 0 Å². The third kappa shape index (κ3) is 3.81. The summed E-state index contributed by atoms with van der Waals surface area (Å²) in [6, 6.07) is 0. The van der Waals surface area contributed by atoms with Gasteiger partial charge in [0, 0.05) is 19.6 Å². The van der Waals surface area contributed by atoms with Crippen LogP contribution in [0.4, 0.5) is 0 Å². The van der Waals surface area contributed by atoms with Gasteiger partial charge in [-0.25, -0.2) is 5.01 Å². The van der Waals surface area contributed by atoms with Crippen molar-refractivity contribution >= 4 is 23.5 Å². The van der Waals surface area contributed by atoms with E-state index in [1.165, 1.54) is 6.42 Å². The monoisotopic (exact) mass is 515 g/mol. The van der Waals surface area contributed by atoms with Gasteiger partial charge in [0.25, 0.3) is 0 Å². The Morgan fingerprint density at radius 3 is 2.53 bits per heavy atom. The Morgan fingerprint density at radius 1 is 0.941 bits per heavy atom. The van der Waals surface area contributed by atoms with Gasteiger partial charge in [0.2, 0.25) is 11.5 Å². The highest BCUT2D eigenvalue weighted by molar-refractivity contribution is 8.17. The summed E-state index contributed by atoms with van der Waals surface area (Å²) in [7, 11) is 0. The van der Waals surface area contributed by atoms with Gasteiger partial charge in [-0.1, -0.05) is 0 Å². The van der Waals surface area contributed by atoms with Gasteiger partial charge in [0.1, 0.15) is 10.8 Å². The van der Waals surface area contributed by atoms with E-state index in [1.807, 2.05) is 23.5 Å². The molecule has 14 heteroatoms. The number of aromatic nitrogens is 4. The van der Waals surface area contributed by atoms with E-state index in [1.54, 1.807) is 0 Å². The van der Waals surface area contributed by atoms with Gasteiger partial charge in [0.05, 0.1) is 39.6 Å². The van der Waals surface area contributed by atoms with Crippen molar-refractivity contribution in [2.45, 2.75) is 47.6 Å². The number of nitrogens with one attached hydrogen (secondary N) is 2. The number of hydrogen-bond donors (Lipinski definition) is 2. The van der Waals surface area contributed by atoms with Crippen LogP contribution in [0, 0.1) is 0 Å². The highest BCUT2D eigenvalue weighted by Crippen LogP contribution is 2.54. The Bertz CT molecular complexity index is 768. The maximum Gasteiger partial charge on any atom is 0.225 e. The van der Waals surface area contributed by atoms with Gasteiger partial charge in [-0.2, -0.15) is 5.21 Å². The Balaban J connectivity index is 1.58. The first-order chi connectivity index (χ1) is 16.9. The number of hydrogen-bond acceptors (Lipinski definition) is 13. The Kier molecular flexibility index (Phi) is 7.31. The molecule has 0 radical (unpaired) electrons. The Labute approximate surface area is 207 Å². The average Bonchev–Trinajstić information content (AvgIpc) is 3.65. The van der Waals surface area contributed by atoms with Crippen LogP contribution >= 0.6 is 23.5 Å². The first-order valence-corrected chi connectivity index (χ1v) is 14.3. The van der Waals surface area contributed by atoms with E-state index in [0.717, 1.165) is 37.4 Å². The normalized spacial score (nSPS) is 37.8. The molecule has 1 aromatic heterocycles. The zero-order valence-corrected chi connectivity index (χ0v) is 20.9. The molecular formula is C20H33N7O5S2. The molecule has 1 aromatic rings. The molecule has 3 unspecified atom stereocenters. The van der Waals surface area contributed by atoms with Crippen LogP contribution in [0.1, 0.15) is 25.1 Å². The third-order valence-corrected chi connectivity index (χ3v) is 10.1. The molecule has 0 amide bonds. The van der Waals surface area contributed by atoms with E-state index in [0.29, 0.717) is 52.0 Å². The minimum absolute atomic E-state index is 0.186. The number of morpholine rings is 1. The first-order valence-electron chi connectivity index (χ1n) is 12.2. The summed E-state index contributed by atoms with van der Waals surface area (Å²) in [4.78, 5) is 2.50. The lowest BCUT2D eigenvalue weighted by Crippen LogP contribution is -2.85. The van der Waals surface area contributed by atoms with Crippen LogP contribution < -0.4 is 5.43 Å². The number of rotatable bonds is 5. The van der Waals surface area contributed by atoms with Gasteiger partial charge < -0.3 is 23.7 Å². The smallest absolute Gasteiger partial charge is 0.225 e. The molecule has 6 rings (SSSR count). The largest absolute Gasteiger partial charge is 0.376 e. The molecule has 0 spiro atoms. The molecule has 5 saturated heterocycles. The third-order valence-electron chi connectivity index (χ3n) is 7.11. The molecule has 0 saturated carbocycles. The average molecular weight is 516 g/mol. The molecule has 5 aliphatic rings. The van der Waals surface area contributed by atoms with Gasteiger partial charge in [0.15, 0.2) is 11.8 Å². The van der Waals surface area contributed by atoms with Crippen molar-refractivity contribution in [1.82, 2.24) is 36.0 Å². The molecule has 0 aliphatic carbocycles. The summed E-state index contributed by atoms with van der Waals surface area (Å²) in [5.74, 6) is 2.66. The van der Waals surface area contributed by atoms with Crippen LogP contribution in [0.3, 0.4) is 0 Å². The molecule has 2 N–H and O–H groups in total. The molecule has 3 atom stereocenters. The zero-order chi connectivity index (χ0) is 22.8. The number of thioether (sulfide) groups is 2. The fourth-order valence-corrected chi connectivity index (χ4v) is 8.91. The molecular weight excluding hydrogens is 482 g/mol.